The molecule has 0 aliphatic heterocycles. The Morgan fingerprint density at radius 3 is 2.75 bits per heavy atom. The predicted molar refractivity (Wildman–Crippen MR) is 109 cm³/mol. The first-order valence-electron chi connectivity index (χ1n) is 8.95. The van der Waals surface area contributed by atoms with Crippen LogP contribution in [0.25, 0.3) is 33.5 Å². The molecule has 0 fully saturated rings. The smallest absolute Gasteiger partial charge is 0.159 e. The Morgan fingerprint density at radius 1 is 1.00 bits per heavy atom. The van der Waals surface area contributed by atoms with Gasteiger partial charge in [0.1, 0.15) is 11.4 Å². The molecule has 28 heavy (non-hydrogen) atoms. The van der Waals surface area contributed by atoms with Gasteiger partial charge < -0.3 is 15.0 Å². The highest BCUT2D eigenvalue weighted by Crippen LogP contribution is 2.29. The topological polar surface area (TPSA) is 91.5 Å². The van der Waals surface area contributed by atoms with E-state index in [1.165, 1.54) is 5.56 Å². The summed E-state index contributed by atoms with van der Waals surface area (Å²) in [7, 11) is 1.66. The molecule has 0 aliphatic carbocycles. The minimum Gasteiger partial charge on any atom is -0.497 e. The number of imidazole rings is 1. The average molecular weight is 370 g/mol. The molecule has 138 valence electrons. The maximum atomic E-state index is 5.34. The van der Waals surface area contributed by atoms with Crippen molar-refractivity contribution in [3.8, 4) is 17.3 Å². The monoisotopic (exact) mass is 370 g/mol. The number of nitrogens with zero attached hydrogens (tertiary/aromatic N) is 3. The number of hydrogen-bond donors (Lipinski definition) is 3. The molecule has 7 heteroatoms. The number of nitrogens with one attached hydrogen (secondary N) is 3. The summed E-state index contributed by atoms with van der Waals surface area (Å²) in [5, 5.41) is 11.9. The average Bonchev–Trinajstić information content (AvgIpc) is 3.35. The summed E-state index contributed by atoms with van der Waals surface area (Å²) in [6.45, 7) is 0.735. The van der Waals surface area contributed by atoms with Crippen molar-refractivity contribution < 1.29 is 4.74 Å². The Labute approximate surface area is 160 Å². The molecule has 0 atom stereocenters. The van der Waals surface area contributed by atoms with Crippen molar-refractivity contribution in [2.24, 2.45) is 0 Å². The number of hydrogen-bond acceptors (Lipinski definition) is 5. The molecule has 3 N–H and O–H groups in total. The van der Waals surface area contributed by atoms with Crippen molar-refractivity contribution in [3.63, 3.8) is 0 Å². The second kappa shape index (κ2) is 6.70. The van der Waals surface area contributed by atoms with Crippen LogP contribution in [0.1, 0.15) is 5.56 Å². The van der Waals surface area contributed by atoms with Gasteiger partial charge in [-0.05, 0) is 54.1 Å². The SMILES string of the molecule is COc1ccc2[nH]nc(-c3nc4ccc(NCc5ccncc5)cc4[nH]3)c2c1. The molecule has 5 aromatic rings. The summed E-state index contributed by atoms with van der Waals surface area (Å²) in [6, 6.07) is 15.9. The molecule has 3 heterocycles. The van der Waals surface area contributed by atoms with Crippen LogP contribution in [-0.2, 0) is 6.54 Å². The fourth-order valence-electron chi connectivity index (χ4n) is 3.24. The highest BCUT2D eigenvalue weighted by molar-refractivity contribution is 5.94. The molecule has 7 nitrogen and oxygen atoms in total. The van der Waals surface area contributed by atoms with Gasteiger partial charge in [-0.1, -0.05) is 0 Å². The van der Waals surface area contributed by atoms with Gasteiger partial charge in [-0.3, -0.25) is 10.1 Å². The maximum Gasteiger partial charge on any atom is 0.159 e. The lowest BCUT2D eigenvalue weighted by Crippen LogP contribution is -1.98. The molecule has 0 aliphatic rings. The van der Waals surface area contributed by atoms with Crippen LogP contribution in [0.3, 0.4) is 0 Å². The molecule has 5 rings (SSSR count). The molecule has 0 bridgehead atoms. The van der Waals surface area contributed by atoms with Gasteiger partial charge in [0.25, 0.3) is 0 Å². The zero-order valence-electron chi connectivity index (χ0n) is 15.2. The number of benzene rings is 2. The Kier molecular flexibility index (Phi) is 3.90. The van der Waals surface area contributed by atoms with Crippen molar-refractivity contribution in [1.29, 1.82) is 0 Å². The van der Waals surface area contributed by atoms with Crippen LogP contribution in [0.15, 0.2) is 60.9 Å². The minimum atomic E-state index is 0.723. The van der Waals surface area contributed by atoms with Gasteiger partial charge in [-0.15, -0.1) is 0 Å². The van der Waals surface area contributed by atoms with Crippen LogP contribution in [0.2, 0.25) is 0 Å². The van der Waals surface area contributed by atoms with Gasteiger partial charge >= 0.3 is 0 Å². The summed E-state index contributed by atoms with van der Waals surface area (Å²) in [4.78, 5) is 12.1. The molecule has 0 spiro atoms. The van der Waals surface area contributed by atoms with Gasteiger partial charge in [-0.25, -0.2) is 4.98 Å². The van der Waals surface area contributed by atoms with Gasteiger partial charge in [0.05, 0.1) is 23.7 Å². The third kappa shape index (κ3) is 2.92. The van der Waals surface area contributed by atoms with Crippen LogP contribution in [0, 0.1) is 0 Å². The maximum absolute atomic E-state index is 5.34. The third-order valence-electron chi connectivity index (χ3n) is 4.72. The summed E-state index contributed by atoms with van der Waals surface area (Å²) < 4.78 is 5.34. The first-order valence-corrected chi connectivity index (χ1v) is 8.95. The number of anilines is 1. The second-order valence-corrected chi connectivity index (χ2v) is 6.51. The van der Waals surface area contributed by atoms with Crippen molar-refractivity contribution in [3.05, 3.63) is 66.5 Å². The zero-order chi connectivity index (χ0) is 18.9. The lowest BCUT2D eigenvalue weighted by atomic mass is 10.2. The largest absolute Gasteiger partial charge is 0.497 e. The van der Waals surface area contributed by atoms with E-state index in [0.717, 1.165) is 51.4 Å². The van der Waals surface area contributed by atoms with Gasteiger partial charge in [0.15, 0.2) is 5.82 Å². The number of pyridine rings is 1. The van der Waals surface area contributed by atoms with E-state index in [1.807, 2.05) is 42.5 Å². The Balaban J connectivity index is 1.47. The number of aromatic amines is 2. The lowest BCUT2D eigenvalue weighted by molar-refractivity contribution is 0.415. The van der Waals surface area contributed by atoms with Crippen LogP contribution in [0.4, 0.5) is 5.69 Å². The molecular formula is C21H18N6O. The van der Waals surface area contributed by atoms with Crippen molar-refractivity contribution in [2.75, 3.05) is 12.4 Å². The normalized spacial score (nSPS) is 11.2. The minimum absolute atomic E-state index is 0.723. The van der Waals surface area contributed by atoms with E-state index < -0.39 is 0 Å². The van der Waals surface area contributed by atoms with Crippen molar-refractivity contribution in [1.82, 2.24) is 25.1 Å². The van der Waals surface area contributed by atoms with Gasteiger partial charge in [0, 0.05) is 30.0 Å². The van der Waals surface area contributed by atoms with Crippen molar-refractivity contribution in [2.45, 2.75) is 6.54 Å². The molecule has 0 saturated heterocycles. The van der Waals surface area contributed by atoms with E-state index in [-0.39, 0.29) is 0 Å². The van der Waals surface area contributed by atoms with Crippen LogP contribution in [-0.4, -0.2) is 32.3 Å². The number of rotatable bonds is 5. The Bertz CT molecular complexity index is 1260. The molecule has 3 aromatic heterocycles. The quantitative estimate of drug-likeness (QED) is 0.433. The summed E-state index contributed by atoms with van der Waals surface area (Å²) >= 11 is 0. The first-order chi connectivity index (χ1) is 13.8. The second-order valence-electron chi connectivity index (χ2n) is 6.51. The zero-order valence-corrected chi connectivity index (χ0v) is 15.2. The summed E-state index contributed by atoms with van der Waals surface area (Å²) in [5.74, 6) is 1.51. The Morgan fingerprint density at radius 2 is 1.89 bits per heavy atom. The lowest BCUT2D eigenvalue weighted by Gasteiger charge is -2.05. The number of methoxy groups -OCH3 is 1. The van der Waals surface area contributed by atoms with E-state index in [4.69, 9.17) is 9.72 Å². The third-order valence-corrected chi connectivity index (χ3v) is 4.72. The predicted octanol–water partition coefficient (Wildman–Crippen LogP) is 4.12. The fraction of sp³-hybridized carbons (Fsp3) is 0.0952. The summed E-state index contributed by atoms with van der Waals surface area (Å²) in [5.41, 5.74) is 5.76. The van der Waals surface area contributed by atoms with Gasteiger partial charge in [-0.2, -0.15) is 5.10 Å². The van der Waals surface area contributed by atoms with Crippen LogP contribution >= 0.6 is 0 Å². The highest BCUT2D eigenvalue weighted by Gasteiger charge is 2.13. The number of H-pyrrole nitrogens is 2. The van der Waals surface area contributed by atoms with E-state index in [2.05, 4.69) is 31.5 Å². The number of fused-ring (bicyclic) bond motifs is 2. The molecule has 0 amide bonds. The summed E-state index contributed by atoms with van der Waals surface area (Å²) in [6.07, 6.45) is 3.59. The van der Waals surface area contributed by atoms with Crippen LogP contribution in [0.5, 0.6) is 5.75 Å². The van der Waals surface area contributed by atoms with E-state index in [1.54, 1.807) is 19.5 Å². The van der Waals surface area contributed by atoms with Gasteiger partial charge in [0.2, 0.25) is 0 Å². The standard InChI is InChI=1S/C21H18N6O/c1-28-15-3-5-17-16(11-15)20(27-26-17)21-24-18-4-2-14(10-19(18)25-21)23-12-13-6-8-22-9-7-13/h2-11,23H,12H2,1H3,(H,24,25)(H,26,27). The molecule has 2 aromatic carbocycles. The van der Waals surface area contributed by atoms with E-state index in [9.17, 15) is 0 Å². The van der Waals surface area contributed by atoms with Crippen molar-refractivity contribution >= 4 is 27.6 Å². The van der Waals surface area contributed by atoms with E-state index in [0.29, 0.717) is 0 Å². The molecule has 0 unspecified atom stereocenters. The highest BCUT2D eigenvalue weighted by atomic mass is 16.5. The number of ether oxygens (including phenoxy) is 1. The Hall–Kier alpha value is -3.87. The van der Waals surface area contributed by atoms with E-state index >= 15 is 0 Å². The van der Waals surface area contributed by atoms with Crippen LogP contribution < -0.4 is 10.1 Å². The molecular weight excluding hydrogens is 352 g/mol. The fourth-order valence-corrected chi connectivity index (χ4v) is 3.24. The number of aromatic nitrogens is 5. The molecule has 0 radical (unpaired) electrons. The first kappa shape index (κ1) is 16.3. The molecule has 0 saturated carbocycles.